The van der Waals surface area contributed by atoms with E-state index in [4.69, 9.17) is 16.7 Å². The number of carboxylic acids is 1. The first-order valence-corrected chi connectivity index (χ1v) is 6.40. The zero-order valence-corrected chi connectivity index (χ0v) is 12.2. The Balaban J connectivity index is 2.92. The number of carboxylic acid groups (broad SMARTS) is 1. The summed E-state index contributed by atoms with van der Waals surface area (Å²) in [7, 11) is 0. The maximum atomic E-state index is 12.0. The quantitative estimate of drug-likeness (QED) is 0.469. The summed E-state index contributed by atoms with van der Waals surface area (Å²) in [6.07, 6.45) is 1.25. The Bertz CT molecular complexity index is 592. The zero-order chi connectivity index (χ0) is 16.2. The van der Waals surface area contributed by atoms with Crippen LogP contribution in [0.3, 0.4) is 0 Å². The van der Waals surface area contributed by atoms with Crippen LogP contribution in [0.4, 0.5) is 5.69 Å². The molecule has 21 heavy (non-hydrogen) atoms. The third kappa shape index (κ3) is 3.88. The third-order valence-corrected chi connectivity index (χ3v) is 3.52. The van der Waals surface area contributed by atoms with Crippen LogP contribution in [0.25, 0.3) is 0 Å². The summed E-state index contributed by atoms with van der Waals surface area (Å²) in [6.45, 7) is 3.04. The normalized spacial score (nSPS) is 13.3. The highest BCUT2D eigenvalue weighted by molar-refractivity contribution is 6.32. The Morgan fingerprint density at radius 1 is 1.57 bits per heavy atom. The summed E-state index contributed by atoms with van der Waals surface area (Å²) in [5, 5.41) is 22.0. The maximum absolute atomic E-state index is 12.0. The van der Waals surface area contributed by atoms with Gasteiger partial charge in [0.1, 0.15) is 11.3 Å². The van der Waals surface area contributed by atoms with E-state index in [1.54, 1.807) is 6.92 Å². The molecule has 1 unspecified atom stereocenters. The first-order chi connectivity index (χ1) is 9.71. The minimum Gasteiger partial charge on any atom is -0.481 e. The SMILES string of the molecule is CCC(C)(CNC(=O)c1cc([N+](=O)[O-])cnc1Cl)C(=O)O. The van der Waals surface area contributed by atoms with E-state index in [-0.39, 0.29) is 22.9 Å². The second kappa shape index (κ2) is 6.49. The summed E-state index contributed by atoms with van der Waals surface area (Å²) >= 11 is 5.73. The number of carbonyl (C=O) groups is 2. The molecule has 8 nitrogen and oxygen atoms in total. The fourth-order valence-electron chi connectivity index (χ4n) is 1.42. The van der Waals surface area contributed by atoms with Gasteiger partial charge in [-0.1, -0.05) is 18.5 Å². The van der Waals surface area contributed by atoms with Gasteiger partial charge in [-0.2, -0.15) is 0 Å². The molecular weight excluding hydrogens is 302 g/mol. The van der Waals surface area contributed by atoms with Crippen LogP contribution in [0.2, 0.25) is 5.15 Å². The summed E-state index contributed by atoms with van der Waals surface area (Å²) in [4.78, 5) is 36.6. The van der Waals surface area contributed by atoms with E-state index in [1.165, 1.54) is 6.92 Å². The molecule has 1 atom stereocenters. The average molecular weight is 316 g/mol. The van der Waals surface area contributed by atoms with Crippen molar-refractivity contribution in [2.24, 2.45) is 5.41 Å². The van der Waals surface area contributed by atoms with Crippen molar-refractivity contribution in [3.63, 3.8) is 0 Å². The molecule has 1 aromatic heterocycles. The van der Waals surface area contributed by atoms with E-state index in [2.05, 4.69) is 10.3 Å². The average Bonchev–Trinajstić information content (AvgIpc) is 2.44. The van der Waals surface area contributed by atoms with Gasteiger partial charge in [-0.3, -0.25) is 19.7 Å². The summed E-state index contributed by atoms with van der Waals surface area (Å²) in [5.74, 6) is -1.76. The molecule has 0 fully saturated rings. The van der Waals surface area contributed by atoms with Gasteiger partial charge in [-0.25, -0.2) is 4.98 Å². The minimum absolute atomic E-state index is 0.128. The van der Waals surface area contributed by atoms with Gasteiger partial charge < -0.3 is 10.4 Å². The monoisotopic (exact) mass is 315 g/mol. The number of amides is 1. The first kappa shape index (κ1) is 16.8. The Kier molecular flexibility index (Phi) is 5.20. The molecule has 0 aliphatic heterocycles. The highest BCUT2D eigenvalue weighted by Crippen LogP contribution is 2.22. The van der Waals surface area contributed by atoms with Gasteiger partial charge in [-0.05, 0) is 13.3 Å². The van der Waals surface area contributed by atoms with Gasteiger partial charge in [0.2, 0.25) is 0 Å². The number of hydrogen-bond acceptors (Lipinski definition) is 5. The number of nitro groups is 1. The molecule has 1 heterocycles. The van der Waals surface area contributed by atoms with Gasteiger partial charge in [0, 0.05) is 12.6 Å². The fraction of sp³-hybridized carbons (Fsp3) is 0.417. The predicted molar refractivity (Wildman–Crippen MR) is 74.3 cm³/mol. The second-order valence-corrected chi connectivity index (χ2v) is 5.05. The van der Waals surface area contributed by atoms with Crippen molar-refractivity contribution in [1.29, 1.82) is 0 Å². The fourth-order valence-corrected chi connectivity index (χ4v) is 1.61. The Labute approximate surface area is 125 Å². The van der Waals surface area contributed by atoms with E-state index >= 15 is 0 Å². The molecule has 0 saturated heterocycles. The third-order valence-electron chi connectivity index (χ3n) is 3.22. The number of nitrogens with zero attached hydrogens (tertiary/aromatic N) is 2. The van der Waals surface area contributed by atoms with Crippen LogP contribution >= 0.6 is 11.6 Å². The lowest BCUT2D eigenvalue weighted by Gasteiger charge is -2.23. The lowest BCUT2D eigenvalue weighted by Crippen LogP contribution is -2.40. The Hall–Kier alpha value is -2.22. The lowest BCUT2D eigenvalue weighted by atomic mass is 9.87. The van der Waals surface area contributed by atoms with E-state index in [9.17, 15) is 19.7 Å². The predicted octanol–water partition coefficient (Wildman–Crippen LogP) is 1.87. The molecule has 0 bridgehead atoms. The largest absolute Gasteiger partial charge is 0.481 e. The molecule has 0 aliphatic carbocycles. The molecule has 0 aliphatic rings. The van der Waals surface area contributed by atoms with E-state index in [0.717, 1.165) is 12.3 Å². The van der Waals surface area contributed by atoms with Crippen molar-refractivity contribution < 1.29 is 19.6 Å². The van der Waals surface area contributed by atoms with Crippen LogP contribution < -0.4 is 5.32 Å². The van der Waals surface area contributed by atoms with Crippen molar-refractivity contribution in [2.75, 3.05) is 6.54 Å². The van der Waals surface area contributed by atoms with Crippen LogP contribution in [-0.2, 0) is 4.79 Å². The molecule has 0 aromatic carbocycles. The number of halogens is 1. The van der Waals surface area contributed by atoms with Gasteiger partial charge >= 0.3 is 5.97 Å². The Morgan fingerprint density at radius 2 is 2.19 bits per heavy atom. The van der Waals surface area contributed by atoms with Gasteiger partial charge in [0.15, 0.2) is 0 Å². The van der Waals surface area contributed by atoms with Gasteiger partial charge in [0.05, 0.1) is 15.9 Å². The number of nitrogens with one attached hydrogen (secondary N) is 1. The number of hydrogen-bond donors (Lipinski definition) is 2. The van der Waals surface area contributed by atoms with Gasteiger partial charge in [0.25, 0.3) is 11.6 Å². The minimum atomic E-state index is -1.13. The molecule has 1 amide bonds. The molecule has 1 aromatic rings. The van der Waals surface area contributed by atoms with Crippen molar-refractivity contribution in [1.82, 2.24) is 10.3 Å². The highest BCUT2D eigenvalue weighted by Gasteiger charge is 2.32. The number of aliphatic carboxylic acids is 1. The summed E-state index contributed by atoms with van der Waals surface area (Å²) in [5.41, 5.74) is -1.67. The molecule has 114 valence electrons. The lowest BCUT2D eigenvalue weighted by molar-refractivity contribution is -0.385. The van der Waals surface area contributed by atoms with E-state index in [1.807, 2.05) is 0 Å². The van der Waals surface area contributed by atoms with Crippen molar-refractivity contribution in [3.8, 4) is 0 Å². The zero-order valence-electron chi connectivity index (χ0n) is 11.4. The number of rotatable bonds is 6. The van der Waals surface area contributed by atoms with Crippen LogP contribution in [0.1, 0.15) is 30.6 Å². The number of carbonyl (C=O) groups excluding carboxylic acids is 1. The number of aromatic nitrogens is 1. The van der Waals surface area contributed by atoms with Gasteiger partial charge in [-0.15, -0.1) is 0 Å². The molecule has 1 rings (SSSR count). The van der Waals surface area contributed by atoms with Crippen LogP contribution in [0.15, 0.2) is 12.3 Å². The Morgan fingerprint density at radius 3 is 2.67 bits per heavy atom. The molecular formula is C12H14ClN3O5. The second-order valence-electron chi connectivity index (χ2n) is 4.69. The molecule has 0 radical (unpaired) electrons. The van der Waals surface area contributed by atoms with Crippen molar-refractivity contribution in [3.05, 3.63) is 33.1 Å². The van der Waals surface area contributed by atoms with Crippen molar-refractivity contribution >= 4 is 29.2 Å². The van der Waals surface area contributed by atoms with E-state index in [0.29, 0.717) is 6.42 Å². The smallest absolute Gasteiger partial charge is 0.311 e. The van der Waals surface area contributed by atoms with Crippen LogP contribution in [0, 0.1) is 15.5 Å². The molecule has 0 saturated carbocycles. The standard InChI is InChI=1S/C12H14ClN3O5/c1-3-12(2,11(18)19)6-15-10(17)8-4-7(16(20)21)5-14-9(8)13/h4-5H,3,6H2,1-2H3,(H,15,17)(H,18,19). The topological polar surface area (TPSA) is 122 Å². The molecule has 2 N–H and O–H groups in total. The number of pyridine rings is 1. The molecule has 0 spiro atoms. The summed E-state index contributed by atoms with van der Waals surface area (Å²) in [6, 6.07) is 0.995. The van der Waals surface area contributed by atoms with Crippen molar-refractivity contribution in [2.45, 2.75) is 20.3 Å². The highest BCUT2D eigenvalue weighted by atomic mass is 35.5. The molecule has 9 heteroatoms. The maximum Gasteiger partial charge on any atom is 0.311 e. The van der Waals surface area contributed by atoms with Crippen LogP contribution in [-0.4, -0.2) is 33.4 Å². The van der Waals surface area contributed by atoms with Crippen LogP contribution in [0.5, 0.6) is 0 Å². The van der Waals surface area contributed by atoms with E-state index < -0.39 is 22.2 Å². The first-order valence-electron chi connectivity index (χ1n) is 6.03. The summed E-state index contributed by atoms with van der Waals surface area (Å²) < 4.78 is 0.